The fraction of sp³-hybridized carbons (Fsp3) is 0.300. The van der Waals surface area contributed by atoms with Gasteiger partial charge in [0.1, 0.15) is 0 Å². The maximum absolute atomic E-state index is 12.1. The van der Waals surface area contributed by atoms with Crippen LogP contribution in [0.2, 0.25) is 0 Å². The number of amides is 3. The van der Waals surface area contributed by atoms with Gasteiger partial charge in [-0.1, -0.05) is 36.4 Å². The van der Waals surface area contributed by atoms with Crippen LogP contribution < -0.4 is 15.5 Å². The van der Waals surface area contributed by atoms with E-state index >= 15 is 0 Å². The molecule has 3 rings (SSSR count). The fourth-order valence-corrected chi connectivity index (χ4v) is 2.97. The number of hydrogen-bond donors (Lipinski definition) is 2. The van der Waals surface area contributed by atoms with Gasteiger partial charge in [0.15, 0.2) is 0 Å². The average Bonchev–Trinajstić information content (AvgIpc) is 2.63. The quantitative estimate of drug-likeness (QED) is 0.876. The molecular weight excluding hydrogens is 314 g/mol. The number of nitrogens with zero attached hydrogens (tertiary/aromatic N) is 1. The van der Waals surface area contributed by atoms with Crippen molar-refractivity contribution in [2.45, 2.75) is 25.7 Å². The summed E-state index contributed by atoms with van der Waals surface area (Å²) in [6.45, 7) is 1.31. The van der Waals surface area contributed by atoms with Crippen molar-refractivity contribution in [2.75, 3.05) is 23.3 Å². The maximum atomic E-state index is 12.1. The van der Waals surface area contributed by atoms with E-state index in [0.29, 0.717) is 18.7 Å². The third-order valence-electron chi connectivity index (χ3n) is 4.28. The largest absolute Gasteiger partial charge is 0.338 e. The Labute approximate surface area is 148 Å². The normalized spacial score (nSPS) is 14.2. The number of carbonyl (C=O) groups excluding carboxylic acids is 2. The molecule has 0 aliphatic carbocycles. The Morgan fingerprint density at radius 3 is 2.68 bits per heavy atom. The van der Waals surface area contributed by atoms with Crippen molar-refractivity contribution in [1.82, 2.24) is 5.32 Å². The Bertz CT molecular complexity index is 731. The lowest BCUT2D eigenvalue weighted by molar-refractivity contribution is -0.119. The van der Waals surface area contributed by atoms with Crippen LogP contribution in [0, 0.1) is 0 Å². The van der Waals surface area contributed by atoms with Crippen molar-refractivity contribution in [3.05, 3.63) is 60.2 Å². The first-order chi connectivity index (χ1) is 12.2. The Morgan fingerprint density at radius 2 is 1.88 bits per heavy atom. The van der Waals surface area contributed by atoms with Crippen LogP contribution in [0.1, 0.15) is 24.8 Å². The number of benzene rings is 2. The van der Waals surface area contributed by atoms with Gasteiger partial charge in [-0.15, -0.1) is 0 Å². The highest BCUT2D eigenvalue weighted by Crippen LogP contribution is 2.23. The van der Waals surface area contributed by atoms with Crippen LogP contribution in [-0.4, -0.2) is 25.0 Å². The molecule has 0 bridgehead atoms. The predicted molar refractivity (Wildman–Crippen MR) is 99.8 cm³/mol. The highest BCUT2D eigenvalue weighted by atomic mass is 16.2. The van der Waals surface area contributed by atoms with Crippen molar-refractivity contribution < 1.29 is 9.59 Å². The third kappa shape index (κ3) is 4.83. The summed E-state index contributed by atoms with van der Waals surface area (Å²) in [4.78, 5) is 25.9. The smallest absolute Gasteiger partial charge is 0.319 e. The summed E-state index contributed by atoms with van der Waals surface area (Å²) in [5.41, 5.74) is 2.72. The first-order valence-corrected chi connectivity index (χ1v) is 8.71. The van der Waals surface area contributed by atoms with Gasteiger partial charge in [0.2, 0.25) is 5.91 Å². The van der Waals surface area contributed by atoms with Crippen LogP contribution in [0.4, 0.5) is 16.2 Å². The molecule has 1 fully saturated rings. The molecule has 1 saturated heterocycles. The molecule has 0 spiro atoms. The molecule has 2 N–H and O–H groups in total. The van der Waals surface area contributed by atoms with Gasteiger partial charge >= 0.3 is 6.03 Å². The summed E-state index contributed by atoms with van der Waals surface area (Å²) >= 11 is 0. The van der Waals surface area contributed by atoms with E-state index in [9.17, 15) is 9.59 Å². The minimum absolute atomic E-state index is 0.149. The summed E-state index contributed by atoms with van der Waals surface area (Å²) in [5, 5.41) is 5.69. The molecule has 0 saturated carbocycles. The van der Waals surface area contributed by atoms with Crippen molar-refractivity contribution in [2.24, 2.45) is 0 Å². The molecule has 0 atom stereocenters. The van der Waals surface area contributed by atoms with E-state index < -0.39 is 0 Å². The monoisotopic (exact) mass is 337 g/mol. The summed E-state index contributed by atoms with van der Waals surface area (Å²) in [7, 11) is 0. The molecule has 1 aliphatic rings. The van der Waals surface area contributed by atoms with E-state index in [-0.39, 0.29) is 11.9 Å². The van der Waals surface area contributed by atoms with E-state index in [4.69, 9.17) is 0 Å². The molecule has 0 radical (unpaired) electrons. The number of nitrogens with one attached hydrogen (secondary N) is 2. The van der Waals surface area contributed by atoms with E-state index in [1.807, 2.05) is 54.6 Å². The first kappa shape index (κ1) is 17.0. The number of anilines is 2. The Balaban J connectivity index is 1.52. The van der Waals surface area contributed by atoms with Crippen LogP contribution in [0.5, 0.6) is 0 Å². The lowest BCUT2D eigenvalue weighted by Crippen LogP contribution is -2.35. The summed E-state index contributed by atoms with van der Waals surface area (Å²) in [5.74, 6) is 0.149. The second kappa shape index (κ2) is 8.33. The molecule has 0 unspecified atom stereocenters. The number of carbonyl (C=O) groups is 2. The Morgan fingerprint density at radius 1 is 1.04 bits per heavy atom. The Kier molecular flexibility index (Phi) is 5.67. The fourth-order valence-electron chi connectivity index (χ4n) is 2.97. The van der Waals surface area contributed by atoms with Crippen molar-refractivity contribution in [3.63, 3.8) is 0 Å². The molecule has 3 amide bonds. The van der Waals surface area contributed by atoms with Crippen LogP contribution in [0.3, 0.4) is 0 Å². The zero-order valence-corrected chi connectivity index (χ0v) is 14.2. The van der Waals surface area contributed by atoms with Crippen LogP contribution in [0.25, 0.3) is 0 Å². The molecule has 0 aromatic heterocycles. The number of hydrogen-bond acceptors (Lipinski definition) is 2. The summed E-state index contributed by atoms with van der Waals surface area (Å²) in [6.07, 6.45) is 3.36. The van der Waals surface area contributed by atoms with Gasteiger partial charge in [-0.05, 0) is 43.0 Å². The number of piperidine rings is 1. The van der Waals surface area contributed by atoms with E-state index in [1.165, 1.54) is 5.56 Å². The van der Waals surface area contributed by atoms with Gasteiger partial charge in [-0.2, -0.15) is 0 Å². The summed E-state index contributed by atoms with van der Waals surface area (Å²) in [6, 6.07) is 17.2. The van der Waals surface area contributed by atoms with E-state index in [0.717, 1.165) is 31.5 Å². The minimum Gasteiger partial charge on any atom is -0.338 e. The molecule has 1 heterocycles. The third-order valence-corrected chi connectivity index (χ3v) is 4.28. The predicted octanol–water partition coefficient (Wildman–Crippen LogP) is 3.57. The second-order valence-electron chi connectivity index (χ2n) is 6.17. The number of urea groups is 1. The minimum atomic E-state index is -0.238. The standard InChI is InChI=1S/C20H23N3O2/c24-19-11-4-5-14-23(19)18-10-6-9-17(15-18)22-20(25)21-13-12-16-7-2-1-3-8-16/h1-3,6-10,15H,4-5,11-14H2,(H2,21,22,25). The molecule has 130 valence electrons. The van der Waals surface area contributed by atoms with Crippen LogP contribution in [-0.2, 0) is 11.2 Å². The van der Waals surface area contributed by atoms with E-state index in [1.54, 1.807) is 4.90 Å². The second-order valence-corrected chi connectivity index (χ2v) is 6.17. The Hall–Kier alpha value is -2.82. The van der Waals surface area contributed by atoms with Gasteiger partial charge in [0.25, 0.3) is 0 Å². The first-order valence-electron chi connectivity index (χ1n) is 8.71. The molecule has 2 aromatic carbocycles. The highest BCUT2D eigenvalue weighted by Gasteiger charge is 2.19. The van der Waals surface area contributed by atoms with Crippen molar-refractivity contribution in [3.8, 4) is 0 Å². The van der Waals surface area contributed by atoms with Gasteiger partial charge in [-0.3, -0.25) is 4.79 Å². The molecular formula is C20H23N3O2. The van der Waals surface area contributed by atoms with Gasteiger partial charge in [0, 0.05) is 30.9 Å². The molecule has 2 aromatic rings. The van der Waals surface area contributed by atoms with Crippen LogP contribution >= 0.6 is 0 Å². The summed E-state index contributed by atoms with van der Waals surface area (Å²) < 4.78 is 0. The lowest BCUT2D eigenvalue weighted by atomic mass is 10.1. The average molecular weight is 337 g/mol. The highest BCUT2D eigenvalue weighted by molar-refractivity contribution is 5.95. The molecule has 1 aliphatic heterocycles. The topological polar surface area (TPSA) is 61.4 Å². The van der Waals surface area contributed by atoms with Crippen molar-refractivity contribution >= 4 is 23.3 Å². The number of rotatable bonds is 5. The van der Waals surface area contributed by atoms with Gasteiger partial charge < -0.3 is 15.5 Å². The van der Waals surface area contributed by atoms with E-state index in [2.05, 4.69) is 10.6 Å². The van der Waals surface area contributed by atoms with Gasteiger partial charge in [0.05, 0.1) is 0 Å². The van der Waals surface area contributed by atoms with Crippen molar-refractivity contribution in [1.29, 1.82) is 0 Å². The molecule has 5 heteroatoms. The zero-order valence-electron chi connectivity index (χ0n) is 14.2. The van der Waals surface area contributed by atoms with Crippen LogP contribution in [0.15, 0.2) is 54.6 Å². The maximum Gasteiger partial charge on any atom is 0.319 e. The lowest BCUT2D eigenvalue weighted by Gasteiger charge is -2.27. The van der Waals surface area contributed by atoms with Gasteiger partial charge in [-0.25, -0.2) is 4.79 Å². The molecule has 5 nitrogen and oxygen atoms in total. The molecule has 25 heavy (non-hydrogen) atoms. The SMILES string of the molecule is O=C(NCCc1ccccc1)Nc1cccc(N2CCCCC2=O)c1. The zero-order chi connectivity index (χ0) is 17.5.